The molecule has 88 valence electrons. The summed E-state index contributed by atoms with van der Waals surface area (Å²) in [5.74, 6) is 0.0772. The molecule has 0 spiro atoms. The van der Waals surface area contributed by atoms with Gasteiger partial charge in [0, 0.05) is 11.3 Å². The molecule has 17 heavy (non-hydrogen) atoms. The molecule has 1 heterocycles. The predicted molar refractivity (Wildman–Crippen MR) is 63.8 cm³/mol. The fourth-order valence-corrected chi connectivity index (χ4v) is 1.44. The first-order valence-corrected chi connectivity index (χ1v) is 5.47. The first-order chi connectivity index (χ1) is 8.20. The maximum Gasteiger partial charge on any atom is 0.247 e. The van der Waals surface area contributed by atoms with E-state index in [1.165, 1.54) is 6.39 Å². The van der Waals surface area contributed by atoms with Crippen LogP contribution in [0.3, 0.4) is 0 Å². The molecule has 5 nitrogen and oxygen atoms in total. The van der Waals surface area contributed by atoms with Crippen LogP contribution in [0.5, 0.6) is 0 Å². The van der Waals surface area contributed by atoms with Crippen molar-refractivity contribution in [2.45, 2.75) is 6.92 Å². The molecule has 1 amide bonds. The minimum absolute atomic E-state index is 0.0791. The molecule has 0 radical (unpaired) electrons. The average molecular weight is 252 g/mol. The van der Waals surface area contributed by atoms with Gasteiger partial charge >= 0.3 is 0 Å². The molecule has 0 unspecified atom stereocenters. The first-order valence-electron chi connectivity index (χ1n) is 4.93. The molecule has 0 aliphatic heterocycles. The number of carbonyl (C=O) groups excluding carboxylic acids is 1. The smallest absolute Gasteiger partial charge is 0.247 e. The molecular weight excluding hydrogens is 242 g/mol. The lowest BCUT2D eigenvalue weighted by atomic mass is 10.1. The van der Waals surface area contributed by atoms with Gasteiger partial charge in [0.2, 0.25) is 18.2 Å². The molecule has 2 rings (SSSR count). The second kappa shape index (κ2) is 4.97. The van der Waals surface area contributed by atoms with E-state index in [1.807, 2.05) is 19.1 Å². The van der Waals surface area contributed by atoms with Crippen molar-refractivity contribution in [3.05, 3.63) is 30.2 Å². The van der Waals surface area contributed by atoms with Crippen molar-refractivity contribution in [3.63, 3.8) is 0 Å². The van der Waals surface area contributed by atoms with Crippen molar-refractivity contribution in [3.8, 4) is 11.5 Å². The molecule has 0 aliphatic carbocycles. The van der Waals surface area contributed by atoms with Crippen LogP contribution < -0.4 is 5.32 Å². The second-order valence-corrected chi connectivity index (χ2v) is 3.72. The van der Waals surface area contributed by atoms with Crippen molar-refractivity contribution < 1.29 is 9.21 Å². The van der Waals surface area contributed by atoms with Crippen LogP contribution in [-0.2, 0) is 4.79 Å². The van der Waals surface area contributed by atoms with Crippen LogP contribution in [0.2, 0.25) is 0 Å². The Labute approximate surface area is 103 Å². The number of anilines is 1. The number of hydrogen-bond acceptors (Lipinski definition) is 4. The van der Waals surface area contributed by atoms with E-state index in [2.05, 4.69) is 15.5 Å². The minimum atomic E-state index is -0.252. The van der Waals surface area contributed by atoms with Crippen molar-refractivity contribution in [2.75, 3.05) is 11.2 Å². The number of alkyl halides is 1. The lowest BCUT2D eigenvalue weighted by molar-refractivity contribution is -0.113. The summed E-state index contributed by atoms with van der Waals surface area (Å²) in [4.78, 5) is 11.2. The van der Waals surface area contributed by atoms with E-state index < -0.39 is 0 Å². The Morgan fingerprint density at radius 3 is 3.00 bits per heavy atom. The van der Waals surface area contributed by atoms with Crippen LogP contribution in [0, 0.1) is 6.92 Å². The SMILES string of the molecule is Cc1ccc(-c2nnco2)cc1NC(=O)CCl. The molecule has 0 fully saturated rings. The highest BCUT2D eigenvalue weighted by molar-refractivity contribution is 6.29. The number of amides is 1. The molecule has 0 saturated heterocycles. The van der Waals surface area contributed by atoms with E-state index in [4.69, 9.17) is 16.0 Å². The maximum absolute atomic E-state index is 11.2. The van der Waals surface area contributed by atoms with Crippen molar-refractivity contribution in [1.29, 1.82) is 0 Å². The number of hydrogen-bond donors (Lipinski definition) is 1. The number of nitrogens with zero attached hydrogens (tertiary/aromatic N) is 2. The normalized spacial score (nSPS) is 10.2. The lowest BCUT2D eigenvalue weighted by Gasteiger charge is -2.07. The Balaban J connectivity index is 2.33. The summed E-state index contributed by atoms with van der Waals surface area (Å²) in [6.07, 6.45) is 1.26. The highest BCUT2D eigenvalue weighted by atomic mass is 35.5. The summed E-state index contributed by atoms with van der Waals surface area (Å²) in [6, 6.07) is 5.48. The second-order valence-electron chi connectivity index (χ2n) is 3.46. The summed E-state index contributed by atoms with van der Waals surface area (Å²) < 4.78 is 5.08. The Morgan fingerprint density at radius 2 is 2.35 bits per heavy atom. The van der Waals surface area contributed by atoms with Gasteiger partial charge in [0.1, 0.15) is 5.88 Å². The number of benzene rings is 1. The zero-order valence-corrected chi connectivity index (χ0v) is 9.86. The van der Waals surface area contributed by atoms with Crippen LogP contribution >= 0.6 is 11.6 Å². The third kappa shape index (κ3) is 2.62. The monoisotopic (exact) mass is 251 g/mol. The number of aromatic nitrogens is 2. The topological polar surface area (TPSA) is 68.0 Å². The van der Waals surface area contributed by atoms with Gasteiger partial charge in [-0.2, -0.15) is 0 Å². The third-order valence-electron chi connectivity index (χ3n) is 2.24. The zero-order chi connectivity index (χ0) is 12.3. The number of aryl methyl sites for hydroxylation is 1. The van der Waals surface area contributed by atoms with Gasteiger partial charge in [-0.15, -0.1) is 21.8 Å². The molecule has 0 atom stereocenters. The average Bonchev–Trinajstić information content (AvgIpc) is 2.85. The van der Waals surface area contributed by atoms with Gasteiger partial charge in [0.15, 0.2) is 0 Å². The highest BCUT2D eigenvalue weighted by Crippen LogP contribution is 2.23. The Kier molecular flexibility index (Phi) is 3.39. The fourth-order valence-electron chi connectivity index (χ4n) is 1.37. The Hall–Kier alpha value is -1.88. The van der Waals surface area contributed by atoms with Gasteiger partial charge in [0.05, 0.1) is 0 Å². The van der Waals surface area contributed by atoms with E-state index in [-0.39, 0.29) is 11.8 Å². The van der Waals surface area contributed by atoms with Gasteiger partial charge in [-0.1, -0.05) is 6.07 Å². The Bertz CT molecular complexity index is 526. The molecule has 1 aromatic heterocycles. The quantitative estimate of drug-likeness (QED) is 0.850. The van der Waals surface area contributed by atoms with Crippen molar-refractivity contribution in [2.24, 2.45) is 0 Å². The first kappa shape index (κ1) is 11.6. The lowest BCUT2D eigenvalue weighted by Crippen LogP contribution is -2.13. The standard InChI is InChI=1S/C11H10ClN3O2/c1-7-2-3-8(11-15-13-6-17-11)4-9(7)14-10(16)5-12/h2-4,6H,5H2,1H3,(H,14,16). The van der Waals surface area contributed by atoms with Crippen LogP contribution in [0.25, 0.3) is 11.5 Å². The highest BCUT2D eigenvalue weighted by Gasteiger charge is 2.08. The summed E-state index contributed by atoms with van der Waals surface area (Å²) >= 11 is 5.44. The van der Waals surface area contributed by atoms with Gasteiger partial charge in [-0.3, -0.25) is 4.79 Å². The molecule has 0 saturated carbocycles. The van der Waals surface area contributed by atoms with Crippen LogP contribution in [0.15, 0.2) is 29.0 Å². The summed E-state index contributed by atoms with van der Waals surface area (Å²) in [5.41, 5.74) is 2.37. The fraction of sp³-hybridized carbons (Fsp3) is 0.182. The van der Waals surface area contributed by atoms with E-state index in [0.717, 1.165) is 11.1 Å². The molecule has 2 aromatic rings. The minimum Gasteiger partial charge on any atom is -0.423 e. The molecule has 6 heteroatoms. The van der Waals surface area contributed by atoms with Crippen molar-refractivity contribution in [1.82, 2.24) is 10.2 Å². The number of carbonyl (C=O) groups is 1. The van der Waals surface area contributed by atoms with Gasteiger partial charge in [-0.25, -0.2) is 0 Å². The molecule has 1 N–H and O–H groups in total. The van der Waals surface area contributed by atoms with E-state index in [1.54, 1.807) is 6.07 Å². The summed E-state index contributed by atoms with van der Waals surface area (Å²) in [6.45, 7) is 1.89. The van der Waals surface area contributed by atoms with E-state index >= 15 is 0 Å². The molecule has 1 aromatic carbocycles. The van der Waals surface area contributed by atoms with Crippen LogP contribution in [0.4, 0.5) is 5.69 Å². The predicted octanol–water partition coefficient (Wildman–Crippen LogP) is 2.22. The number of rotatable bonds is 3. The third-order valence-corrected chi connectivity index (χ3v) is 2.48. The number of nitrogens with one attached hydrogen (secondary N) is 1. The number of halogens is 1. The zero-order valence-electron chi connectivity index (χ0n) is 9.11. The van der Waals surface area contributed by atoms with E-state index in [0.29, 0.717) is 11.6 Å². The van der Waals surface area contributed by atoms with E-state index in [9.17, 15) is 4.79 Å². The maximum atomic E-state index is 11.2. The van der Waals surface area contributed by atoms with Gasteiger partial charge in [-0.05, 0) is 24.6 Å². The summed E-state index contributed by atoms with van der Waals surface area (Å²) in [5, 5.41) is 10.1. The van der Waals surface area contributed by atoms with Gasteiger partial charge < -0.3 is 9.73 Å². The largest absolute Gasteiger partial charge is 0.423 e. The molecular formula is C11H10ClN3O2. The molecule has 0 bridgehead atoms. The Morgan fingerprint density at radius 1 is 1.53 bits per heavy atom. The van der Waals surface area contributed by atoms with Crippen LogP contribution in [-0.4, -0.2) is 22.0 Å². The molecule has 0 aliphatic rings. The summed E-state index contributed by atoms with van der Waals surface area (Å²) in [7, 11) is 0. The van der Waals surface area contributed by atoms with Gasteiger partial charge in [0.25, 0.3) is 0 Å². The van der Waals surface area contributed by atoms with Crippen LogP contribution in [0.1, 0.15) is 5.56 Å². The van der Waals surface area contributed by atoms with Crippen molar-refractivity contribution >= 4 is 23.2 Å².